The maximum atomic E-state index is 12.1. The van der Waals surface area contributed by atoms with Crippen molar-refractivity contribution in [2.24, 2.45) is 4.99 Å². The Balaban J connectivity index is 0.00000363. The number of nitrogens with zero attached hydrogens (tertiary/aromatic N) is 4. The molecule has 0 bridgehead atoms. The number of aryl methyl sites for hydroxylation is 2. The summed E-state index contributed by atoms with van der Waals surface area (Å²) in [5, 5.41) is 7.47. The van der Waals surface area contributed by atoms with Gasteiger partial charge in [-0.2, -0.15) is 0 Å². The number of carbonyl (C=O) groups is 1. The molecule has 0 saturated carbocycles. The van der Waals surface area contributed by atoms with Crippen LogP contribution >= 0.6 is 35.3 Å². The number of aliphatic imine (C=N–C) groups is 1. The van der Waals surface area contributed by atoms with Crippen LogP contribution in [-0.4, -0.2) is 46.0 Å². The number of halogens is 1. The molecule has 0 amide bonds. The van der Waals surface area contributed by atoms with Crippen LogP contribution in [0.2, 0.25) is 0 Å². The first-order chi connectivity index (χ1) is 14.9. The van der Waals surface area contributed by atoms with Gasteiger partial charge in [0.1, 0.15) is 15.5 Å². The summed E-state index contributed by atoms with van der Waals surface area (Å²) >= 11 is 1.36. The summed E-state index contributed by atoms with van der Waals surface area (Å²) in [6, 6.07) is 3.99. The van der Waals surface area contributed by atoms with Crippen LogP contribution in [0.1, 0.15) is 58.4 Å². The molecule has 1 atom stereocenters. The van der Waals surface area contributed by atoms with Crippen LogP contribution in [0.5, 0.6) is 0 Å². The van der Waals surface area contributed by atoms with Crippen LogP contribution in [0.3, 0.4) is 0 Å². The second-order valence-electron chi connectivity index (χ2n) is 7.22. The van der Waals surface area contributed by atoms with Crippen LogP contribution in [0.25, 0.3) is 5.65 Å². The largest absolute Gasteiger partial charge is 0.462 e. The van der Waals surface area contributed by atoms with Crippen LogP contribution in [-0.2, 0) is 11.2 Å². The monoisotopic (exact) mass is 570 g/mol. The van der Waals surface area contributed by atoms with Crippen LogP contribution < -0.4 is 10.6 Å². The van der Waals surface area contributed by atoms with E-state index in [0.717, 1.165) is 34.9 Å². The Morgan fingerprint density at radius 2 is 2.09 bits per heavy atom. The number of nitrogens with one attached hydrogen (secondary N) is 2. The Bertz CT molecular complexity index is 1080. The van der Waals surface area contributed by atoms with Crippen molar-refractivity contribution in [2.75, 3.05) is 19.7 Å². The quantitative estimate of drug-likeness (QED) is 0.184. The van der Waals surface area contributed by atoms with Gasteiger partial charge in [-0.15, -0.1) is 35.3 Å². The number of guanidine groups is 1. The van der Waals surface area contributed by atoms with Gasteiger partial charge in [0.15, 0.2) is 5.96 Å². The van der Waals surface area contributed by atoms with Crippen molar-refractivity contribution >= 4 is 52.9 Å². The number of rotatable bonds is 8. The first-order valence-electron chi connectivity index (χ1n) is 10.5. The zero-order valence-electron chi connectivity index (χ0n) is 19.1. The topological polar surface area (TPSA) is 92.9 Å². The van der Waals surface area contributed by atoms with Gasteiger partial charge < -0.3 is 19.8 Å². The lowest BCUT2D eigenvalue weighted by atomic mass is 10.3. The van der Waals surface area contributed by atoms with Gasteiger partial charge in [-0.3, -0.25) is 4.99 Å². The lowest BCUT2D eigenvalue weighted by Gasteiger charge is -2.15. The Morgan fingerprint density at radius 1 is 1.31 bits per heavy atom. The van der Waals surface area contributed by atoms with Crippen LogP contribution in [0.4, 0.5) is 0 Å². The van der Waals surface area contributed by atoms with Gasteiger partial charge in [0.05, 0.1) is 24.0 Å². The minimum atomic E-state index is -0.320. The minimum absolute atomic E-state index is 0. The molecule has 2 N–H and O–H groups in total. The predicted octanol–water partition coefficient (Wildman–Crippen LogP) is 4.06. The average molecular weight is 571 g/mol. The highest BCUT2D eigenvalue weighted by molar-refractivity contribution is 14.0. The second kappa shape index (κ2) is 12.1. The highest BCUT2D eigenvalue weighted by Gasteiger charge is 2.20. The normalized spacial score (nSPS) is 12.3. The molecule has 0 aliphatic heterocycles. The van der Waals surface area contributed by atoms with E-state index in [1.165, 1.54) is 11.3 Å². The van der Waals surface area contributed by atoms with Gasteiger partial charge in [-0.1, -0.05) is 6.07 Å². The Labute approximate surface area is 209 Å². The van der Waals surface area contributed by atoms with E-state index in [9.17, 15) is 4.79 Å². The van der Waals surface area contributed by atoms with Crippen molar-refractivity contribution in [3.63, 3.8) is 0 Å². The van der Waals surface area contributed by atoms with Gasteiger partial charge in [0.25, 0.3) is 0 Å². The number of ether oxygens (including phenoxy) is 1. The molecule has 0 aromatic carbocycles. The molecule has 0 spiro atoms. The van der Waals surface area contributed by atoms with Crippen molar-refractivity contribution < 1.29 is 9.53 Å². The zero-order chi connectivity index (χ0) is 22.4. The number of hydrogen-bond acceptors (Lipinski definition) is 6. The third-order valence-electron chi connectivity index (χ3n) is 4.71. The highest BCUT2D eigenvalue weighted by atomic mass is 127. The second-order valence-corrected chi connectivity index (χ2v) is 8.25. The molecule has 0 fully saturated rings. The minimum Gasteiger partial charge on any atom is -0.462 e. The van der Waals surface area contributed by atoms with Crippen LogP contribution in [0.15, 0.2) is 29.5 Å². The number of fused-ring (bicyclic) bond motifs is 1. The molecule has 0 aliphatic rings. The molecule has 3 aromatic heterocycles. The summed E-state index contributed by atoms with van der Waals surface area (Å²) in [5.74, 6) is 0.389. The number of thiazole rings is 1. The first kappa shape index (κ1) is 26.0. The van der Waals surface area contributed by atoms with Gasteiger partial charge in [0, 0.05) is 31.9 Å². The van der Waals surface area contributed by atoms with E-state index in [2.05, 4.69) is 34.8 Å². The summed E-state index contributed by atoms with van der Waals surface area (Å²) in [4.78, 5) is 26.6. The Morgan fingerprint density at radius 3 is 2.78 bits per heavy atom. The molecule has 0 radical (unpaired) electrons. The lowest BCUT2D eigenvalue weighted by Crippen LogP contribution is -2.38. The molecule has 3 aromatic rings. The fourth-order valence-corrected chi connectivity index (χ4v) is 4.15. The Kier molecular flexibility index (Phi) is 9.88. The third kappa shape index (κ3) is 6.41. The summed E-state index contributed by atoms with van der Waals surface area (Å²) in [6.07, 6.45) is 4.81. The molecule has 8 nitrogen and oxygen atoms in total. The molecule has 3 heterocycles. The van der Waals surface area contributed by atoms with Crippen molar-refractivity contribution in [1.82, 2.24) is 25.0 Å². The number of aromatic nitrogens is 3. The van der Waals surface area contributed by atoms with Crippen molar-refractivity contribution in [3.05, 3.63) is 51.4 Å². The number of esters is 1. The van der Waals surface area contributed by atoms with Crippen molar-refractivity contribution in [1.29, 1.82) is 0 Å². The molecule has 0 saturated heterocycles. The van der Waals surface area contributed by atoms with Crippen molar-refractivity contribution in [2.45, 2.75) is 47.1 Å². The van der Waals surface area contributed by atoms with Crippen molar-refractivity contribution in [3.8, 4) is 0 Å². The fourth-order valence-electron chi connectivity index (χ4n) is 3.18. The lowest BCUT2D eigenvalue weighted by molar-refractivity contribution is 0.0531. The molecule has 174 valence electrons. The maximum absolute atomic E-state index is 12.1. The van der Waals surface area contributed by atoms with Crippen LogP contribution in [0, 0.1) is 13.8 Å². The summed E-state index contributed by atoms with van der Waals surface area (Å²) in [5.41, 5.74) is 3.84. The predicted molar refractivity (Wildman–Crippen MR) is 139 cm³/mol. The summed E-state index contributed by atoms with van der Waals surface area (Å²) in [7, 11) is 0. The smallest absolute Gasteiger partial charge is 0.350 e. The van der Waals surface area contributed by atoms with E-state index in [1.807, 2.05) is 37.4 Å². The Hall–Kier alpha value is -2.21. The SMILES string of the molecule is CCNC(=NCCc1cn2cccc(C)c2n1)NC(C)c1nc(C)c(C(=O)OCC)s1.I. The number of imidazole rings is 1. The highest BCUT2D eigenvalue weighted by Crippen LogP contribution is 2.24. The molecule has 32 heavy (non-hydrogen) atoms. The standard InChI is InChI=1S/C22H30N6O2S.HI/c1-6-23-22(24-11-10-17-13-28-12-8-9-14(3)19(28)27-17)26-16(5)20-25-15(4)18(31-20)21(29)30-7-2;/h8-9,12-13,16H,6-7,10-11H2,1-5H3,(H2,23,24,26);1H. The molecule has 10 heteroatoms. The maximum Gasteiger partial charge on any atom is 0.350 e. The third-order valence-corrected chi connectivity index (χ3v) is 6.03. The average Bonchev–Trinajstić information content (AvgIpc) is 3.32. The summed E-state index contributed by atoms with van der Waals surface area (Å²) in [6.45, 7) is 11.4. The zero-order valence-corrected chi connectivity index (χ0v) is 22.3. The van der Waals surface area contributed by atoms with Gasteiger partial charge >= 0.3 is 5.97 Å². The van der Waals surface area contributed by atoms with Gasteiger partial charge in [-0.05, 0) is 46.2 Å². The van der Waals surface area contributed by atoms with E-state index in [-0.39, 0.29) is 36.0 Å². The molecular formula is C22H31IN6O2S. The van der Waals surface area contributed by atoms with E-state index >= 15 is 0 Å². The number of hydrogen-bond donors (Lipinski definition) is 2. The van der Waals surface area contributed by atoms with E-state index in [1.54, 1.807) is 6.92 Å². The van der Waals surface area contributed by atoms with E-state index < -0.39 is 0 Å². The first-order valence-corrected chi connectivity index (χ1v) is 11.4. The summed E-state index contributed by atoms with van der Waals surface area (Å²) < 4.78 is 7.16. The van der Waals surface area contributed by atoms with Gasteiger partial charge in [0.2, 0.25) is 0 Å². The van der Waals surface area contributed by atoms with E-state index in [4.69, 9.17) is 14.7 Å². The molecule has 3 rings (SSSR count). The van der Waals surface area contributed by atoms with Gasteiger partial charge in [-0.25, -0.2) is 14.8 Å². The molecular weight excluding hydrogens is 539 g/mol. The molecule has 0 aliphatic carbocycles. The number of pyridine rings is 1. The molecule has 1 unspecified atom stereocenters. The fraction of sp³-hybridized carbons (Fsp3) is 0.455. The number of carbonyl (C=O) groups excluding carboxylic acids is 1. The van der Waals surface area contributed by atoms with E-state index in [0.29, 0.717) is 29.7 Å².